The molecular formula is C14H14O3. The van der Waals surface area contributed by atoms with E-state index in [9.17, 15) is 4.79 Å². The standard InChI is InChI=1S/C14H14O3/c1-3-16-13(15)8-7-12-9-11-6-4-5-10(2)14(11)17-12/h4-9H,3H2,1-2H3/b8-7+. The monoisotopic (exact) mass is 230 g/mol. The lowest BCUT2D eigenvalue weighted by Crippen LogP contribution is -1.98. The number of ether oxygens (including phenoxy) is 1. The van der Waals surface area contributed by atoms with Crippen molar-refractivity contribution in [1.82, 2.24) is 0 Å². The highest BCUT2D eigenvalue weighted by atomic mass is 16.5. The Kier molecular flexibility index (Phi) is 3.28. The van der Waals surface area contributed by atoms with Crippen LogP contribution < -0.4 is 0 Å². The maximum atomic E-state index is 11.1. The van der Waals surface area contributed by atoms with Crippen molar-refractivity contribution in [1.29, 1.82) is 0 Å². The van der Waals surface area contributed by atoms with Gasteiger partial charge in [-0.05, 0) is 31.6 Å². The Morgan fingerprint density at radius 3 is 3.00 bits per heavy atom. The Morgan fingerprint density at radius 1 is 1.47 bits per heavy atom. The number of hydrogen-bond donors (Lipinski definition) is 0. The second kappa shape index (κ2) is 4.87. The summed E-state index contributed by atoms with van der Waals surface area (Å²) in [5, 5.41) is 1.04. The average molecular weight is 230 g/mol. The van der Waals surface area contributed by atoms with E-state index in [2.05, 4.69) is 0 Å². The van der Waals surface area contributed by atoms with Crippen molar-refractivity contribution in [2.75, 3.05) is 6.61 Å². The first-order valence-corrected chi connectivity index (χ1v) is 5.54. The highest BCUT2D eigenvalue weighted by molar-refractivity contribution is 5.88. The van der Waals surface area contributed by atoms with Gasteiger partial charge in [0.05, 0.1) is 6.61 Å². The number of furan rings is 1. The Bertz CT molecular complexity index is 564. The highest BCUT2D eigenvalue weighted by Crippen LogP contribution is 2.23. The predicted octanol–water partition coefficient (Wildman–Crippen LogP) is 3.32. The van der Waals surface area contributed by atoms with Crippen LogP contribution in [0.3, 0.4) is 0 Å². The smallest absolute Gasteiger partial charge is 0.330 e. The lowest BCUT2D eigenvalue weighted by Gasteiger charge is -1.93. The number of esters is 1. The van der Waals surface area contributed by atoms with E-state index < -0.39 is 0 Å². The summed E-state index contributed by atoms with van der Waals surface area (Å²) >= 11 is 0. The molecule has 0 aliphatic carbocycles. The summed E-state index contributed by atoms with van der Waals surface area (Å²) in [6, 6.07) is 7.85. The normalized spacial score (nSPS) is 11.2. The Morgan fingerprint density at radius 2 is 2.29 bits per heavy atom. The molecule has 1 aromatic carbocycles. The maximum absolute atomic E-state index is 11.1. The molecule has 0 atom stereocenters. The van der Waals surface area contributed by atoms with Crippen LogP contribution in [0.15, 0.2) is 34.8 Å². The molecule has 0 fully saturated rings. The molecule has 1 aromatic heterocycles. The molecule has 0 N–H and O–H groups in total. The molecule has 3 heteroatoms. The second-order valence-electron chi connectivity index (χ2n) is 3.73. The molecule has 0 bridgehead atoms. The number of hydrogen-bond acceptors (Lipinski definition) is 3. The third-order valence-electron chi connectivity index (χ3n) is 2.43. The molecule has 0 radical (unpaired) electrons. The lowest BCUT2D eigenvalue weighted by molar-refractivity contribution is -0.137. The summed E-state index contributed by atoms with van der Waals surface area (Å²) in [6.45, 7) is 4.14. The molecule has 0 saturated carbocycles. The van der Waals surface area contributed by atoms with Gasteiger partial charge in [0.15, 0.2) is 0 Å². The molecule has 0 spiro atoms. The van der Waals surface area contributed by atoms with Gasteiger partial charge in [-0.1, -0.05) is 18.2 Å². The zero-order valence-corrected chi connectivity index (χ0v) is 9.90. The molecule has 0 amide bonds. The van der Waals surface area contributed by atoms with Crippen LogP contribution in [0.2, 0.25) is 0 Å². The van der Waals surface area contributed by atoms with Gasteiger partial charge >= 0.3 is 5.97 Å². The van der Waals surface area contributed by atoms with Crippen LogP contribution in [0.5, 0.6) is 0 Å². The number of carbonyl (C=O) groups excluding carboxylic acids is 1. The third kappa shape index (κ3) is 2.56. The molecule has 0 saturated heterocycles. The van der Waals surface area contributed by atoms with Crippen LogP contribution in [-0.4, -0.2) is 12.6 Å². The van der Waals surface area contributed by atoms with E-state index in [4.69, 9.17) is 9.15 Å². The van der Waals surface area contributed by atoms with E-state index in [0.29, 0.717) is 12.4 Å². The maximum Gasteiger partial charge on any atom is 0.330 e. The van der Waals surface area contributed by atoms with Gasteiger partial charge in [0.25, 0.3) is 0 Å². The average Bonchev–Trinajstić information content (AvgIpc) is 2.71. The van der Waals surface area contributed by atoms with Crippen molar-refractivity contribution >= 4 is 23.0 Å². The largest absolute Gasteiger partial charge is 0.463 e. The first-order valence-electron chi connectivity index (χ1n) is 5.54. The molecule has 2 aromatic rings. The fraction of sp³-hybridized carbons (Fsp3) is 0.214. The number of fused-ring (bicyclic) bond motifs is 1. The molecule has 2 rings (SSSR count). The number of rotatable bonds is 3. The van der Waals surface area contributed by atoms with E-state index in [1.165, 1.54) is 6.08 Å². The molecular weight excluding hydrogens is 216 g/mol. The van der Waals surface area contributed by atoms with Crippen LogP contribution in [0.25, 0.3) is 17.0 Å². The summed E-state index contributed by atoms with van der Waals surface area (Å²) in [5.41, 5.74) is 1.94. The van der Waals surface area contributed by atoms with E-state index in [1.807, 2.05) is 31.2 Å². The van der Waals surface area contributed by atoms with Gasteiger partial charge in [-0.2, -0.15) is 0 Å². The minimum absolute atomic E-state index is 0.357. The molecule has 1 heterocycles. The van der Waals surface area contributed by atoms with Gasteiger partial charge < -0.3 is 9.15 Å². The number of carbonyl (C=O) groups is 1. The Hall–Kier alpha value is -2.03. The highest BCUT2D eigenvalue weighted by Gasteiger charge is 2.03. The second-order valence-corrected chi connectivity index (χ2v) is 3.73. The summed E-state index contributed by atoms with van der Waals surface area (Å²) in [7, 11) is 0. The summed E-state index contributed by atoms with van der Waals surface area (Å²) in [5.74, 6) is 0.298. The zero-order valence-electron chi connectivity index (χ0n) is 9.90. The quantitative estimate of drug-likeness (QED) is 0.599. The summed E-state index contributed by atoms with van der Waals surface area (Å²) in [6.07, 6.45) is 2.99. The van der Waals surface area contributed by atoms with Gasteiger partial charge in [-0.3, -0.25) is 0 Å². The van der Waals surface area contributed by atoms with E-state index in [-0.39, 0.29) is 5.97 Å². The van der Waals surface area contributed by atoms with E-state index in [1.54, 1.807) is 13.0 Å². The molecule has 3 nitrogen and oxygen atoms in total. The Balaban J connectivity index is 2.25. The molecule has 0 aliphatic heterocycles. The van der Waals surface area contributed by atoms with E-state index in [0.717, 1.165) is 16.5 Å². The van der Waals surface area contributed by atoms with Gasteiger partial charge in [0, 0.05) is 11.5 Å². The minimum Gasteiger partial charge on any atom is -0.463 e. The van der Waals surface area contributed by atoms with Crippen LogP contribution in [0.1, 0.15) is 18.2 Å². The fourth-order valence-electron chi connectivity index (χ4n) is 1.65. The van der Waals surface area contributed by atoms with Crippen molar-refractivity contribution in [3.05, 3.63) is 41.7 Å². The first-order chi connectivity index (χ1) is 8.20. The Labute approximate surface area is 99.7 Å². The summed E-state index contributed by atoms with van der Waals surface area (Å²) in [4.78, 5) is 11.1. The van der Waals surface area contributed by atoms with Gasteiger partial charge in [-0.15, -0.1) is 0 Å². The predicted molar refractivity (Wildman–Crippen MR) is 66.6 cm³/mol. The van der Waals surface area contributed by atoms with Crippen molar-refractivity contribution in [3.63, 3.8) is 0 Å². The molecule has 17 heavy (non-hydrogen) atoms. The number of aryl methyl sites for hydroxylation is 1. The van der Waals surface area contributed by atoms with Crippen molar-refractivity contribution in [2.24, 2.45) is 0 Å². The number of benzene rings is 1. The molecule has 88 valence electrons. The SMILES string of the molecule is CCOC(=O)/C=C/c1cc2cccc(C)c2o1. The van der Waals surface area contributed by atoms with Crippen LogP contribution in [0, 0.1) is 6.92 Å². The topological polar surface area (TPSA) is 39.4 Å². The van der Waals surface area contributed by atoms with Gasteiger partial charge in [0.1, 0.15) is 11.3 Å². The molecule has 0 aliphatic rings. The first kappa shape index (κ1) is 11.5. The zero-order chi connectivity index (χ0) is 12.3. The van der Waals surface area contributed by atoms with Crippen LogP contribution in [0.4, 0.5) is 0 Å². The van der Waals surface area contributed by atoms with Crippen molar-refractivity contribution in [2.45, 2.75) is 13.8 Å². The van der Waals surface area contributed by atoms with E-state index >= 15 is 0 Å². The van der Waals surface area contributed by atoms with Gasteiger partial charge in [0.2, 0.25) is 0 Å². The fourth-order valence-corrected chi connectivity index (χ4v) is 1.65. The van der Waals surface area contributed by atoms with Crippen LogP contribution in [-0.2, 0) is 9.53 Å². The van der Waals surface area contributed by atoms with Crippen LogP contribution >= 0.6 is 0 Å². The number of para-hydroxylation sites is 1. The molecule has 0 unspecified atom stereocenters. The van der Waals surface area contributed by atoms with Crippen molar-refractivity contribution < 1.29 is 13.9 Å². The van der Waals surface area contributed by atoms with Gasteiger partial charge in [-0.25, -0.2) is 4.79 Å². The summed E-state index contributed by atoms with van der Waals surface area (Å²) < 4.78 is 10.4. The minimum atomic E-state index is -0.357. The third-order valence-corrected chi connectivity index (χ3v) is 2.43. The lowest BCUT2D eigenvalue weighted by atomic mass is 10.2. The van der Waals surface area contributed by atoms with Crippen molar-refractivity contribution in [3.8, 4) is 0 Å².